The molecule has 5 nitrogen and oxygen atoms in total. The van der Waals surface area contributed by atoms with Crippen LogP contribution in [0, 0.1) is 0 Å². The first kappa shape index (κ1) is 11.8. The molecule has 0 saturated carbocycles. The van der Waals surface area contributed by atoms with Gasteiger partial charge in [-0.1, -0.05) is 11.6 Å². The average molecular weight is 243 g/mol. The van der Waals surface area contributed by atoms with E-state index in [1.807, 2.05) is 0 Å². The molecule has 0 aromatic carbocycles. The first-order chi connectivity index (χ1) is 6.84. The summed E-state index contributed by atoms with van der Waals surface area (Å²) in [5.74, 6) is 4.08. The second kappa shape index (κ2) is 4.07. The maximum Gasteiger partial charge on any atom is 0.436 e. The monoisotopic (exact) mass is 242 g/mol. The molecule has 0 aliphatic carbocycles. The summed E-state index contributed by atoms with van der Waals surface area (Å²) in [6, 6.07) is 0. The van der Waals surface area contributed by atoms with Gasteiger partial charge in [0.25, 0.3) is 5.91 Å². The molecule has 1 rings (SSSR count). The Kier molecular flexibility index (Phi) is 3.20. The Bertz CT molecular complexity index is 375. The van der Waals surface area contributed by atoms with Gasteiger partial charge in [-0.3, -0.25) is 14.9 Å². The molecule has 9 heteroatoms. The number of hydrogen-bond donors (Lipinski definition) is 2. The van der Waals surface area contributed by atoms with Crippen molar-refractivity contribution in [2.75, 3.05) is 0 Å². The van der Waals surface area contributed by atoms with Crippen LogP contribution in [0.25, 0.3) is 0 Å². The van der Waals surface area contributed by atoms with Crippen molar-refractivity contribution < 1.29 is 18.0 Å². The highest BCUT2D eigenvalue weighted by Gasteiger charge is 2.36. The van der Waals surface area contributed by atoms with Crippen LogP contribution < -0.4 is 11.3 Å². The molecule has 0 aliphatic rings. The molecular weight excluding hydrogens is 237 g/mol. The SMILES string of the molecule is NNC(=O)Cn1cc(Cl)c(C(F)(F)F)n1. The molecule has 0 aliphatic heterocycles. The summed E-state index contributed by atoms with van der Waals surface area (Å²) in [6.07, 6.45) is -3.73. The molecule has 3 N–H and O–H groups in total. The lowest BCUT2D eigenvalue weighted by Crippen LogP contribution is -2.33. The quantitative estimate of drug-likeness (QED) is 0.452. The molecule has 0 saturated heterocycles. The molecule has 1 aromatic heterocycles. The van der Waals surface area contributed by atoms with E-state index < -0.39 is 29.3 Å². The van der Waals surface area contributed by atoms with Crippen LogP contribution in [0.5, 0.6) is 0 Å². The van der Waals surface area contributed by atoms with Gasteiger partial charge < -0.3 is 0 Å². The normalized spacial score (nSPS) is 11.5. The van der Waals surface area contributed by atoms with Gasteiger partial charge in [0.2, 0.25) is 0 Å². The fourth-order valence-electron chi connectivity index (χ4n) is 0.863. The number of carbonyl (C=O) groups excluding carboxylic acids is 1. The number of nitrogens with one attached hydrogen (secondary N) is 1. The van der Waals surface area contributed by atoms with Crippen molar-refractivity contribution in [3.8, 4) is 0 Å². The summed E-state index contributed by atoms with van der Waals surface area (Å²) >= 11 is 5.29. The molecule has 0 unspecified atom stereocenters. The minimum absolute atomic E-state index is 0.424. The Morgan fingerprint density at radius 1 is 1.67 bits per heavy atom. The number of nitrogens with zero attached hydrogens (tertiary/aromatic N) is 2. The standard InChI is InChI=1S/C6H6ClF3N4O/c7-3-1-14(2-4(15)12-11)13-5(3)6(8,9)10/h1H,2,11H2,(H,12,15). The number of alkyl halides is 3. The average Bonchev–Trinajstić information content (AvgIpc) is 2.45. The Morgan fingerprint density at radius 2 is 2.27 bits per heavy atom. The Labute approximate surface area is 87.0 Å². The summed E-state index contributed by atoms with van der Waals surface area (Å²) < 4.78 is 37.3. The Balaban J connectivity index is 2.91. The number of rotatable bonds is 2. The van der Waals surface area contributed by atoms with Crippen LogP contribution in [0.1, 0.15) is 5.69 Å². The minimum Gasteiger partial charge on any atom is -0.293 e. The lowest BCUT2D eigenvalue weighted by atomic mass is 10.4. The van der Waals surface area contributed by atoms with E-state index in [1.165, 1.54) is 0 Å². The predicted molar refractivity (Wildman–Crippen MR) is 44.6 cm³/mol. The highest BCUT2D eigenvalue weighted by atomic mass is 35.5. The maximum absolute atomic E-state index is 12.2. The highest BCUT2D eigenvalue weighted by molar-refractivity contribution is 6.31. The van der Waals surface area contributed by atoms with Crippen molar-refractivity contribution in [2.45, 2.75) is 12.7 Å². The number of hydrazine groups is 1. The molecule has 1 heterocycles. The number of hydrogen-bond acceptors (Lipinski definition) is 3. The molecule has 1 aromatic rings. The molecule has 1 amide bonds. The van der Waals surface area contributed by atoms with E-state index in [4.69, 9.17) is 17.4 Å². The number of carbonyl (C=O) groups is 1. The number of aromatic nitrogens is 2. The van der Waals surface area contributed by atoms with Crippen molar-refractivity contribution in [1.82, 2.24) is 15.2 Å². The summed E-state index contributed by atoms with van der Waals surface area (Å²) in [6.45, 7) is -0.424. The van der Waals surface area contributed by atoms with Crippen molar-refractivity contribution in [3.63, 3.8) is 0 Å². The summed E-state index contributed by atoms with van der Waals surface area (Å²) in [7, 11) is 0. The molecule has 15 heavy (non-hydrogen) atoms. The lowest BCUT2D eigenvalue weighted by molar-refractivity contribution is -0.141. The first-order valence-corrected chi connectivity index (χ1v) is 4.02. The second-order valence-electron chi connectivity index (χ2n) is 2.59. The van der Waals surface area contributed by atoms with Crippen LogP contribution in [0.15, 0.2) is 6.20 Å². The van der Waals surface area contributed by atoms with Crippen LogP contribution in [-0.2, 0) is 17.5 Å². The highest BCUT2D eigenvalue weighted by Crippen LogP contribution is 2.32. The first-order valence-electron chi connectivity index (χ1n) is 3.64. The van der Waals surface area contributed by atoms with Crippen molar-refractivity contribution in [3.05, 3.63) is 16.9 Å². The van der Waals surface area contributed by atoms with Crippen LogP contribution >= 0.6 is 11.6 Å². The smallest absolute Gasteiger partial charge is 0.293 e. The van der Waals surface area contributed by atoms with E-state index in [2.05, 4.69) is 5.10 Å². The summed E-state index contributed by atoms with van der Waals surface area (Å²) in [5.41, 5.74) is 0.529. The van der Waals surface area contributed by atoms with Gasteiger partial charge in [0.15, 0.2) is 5.69 Å². The third-order valence-electron chi connectivity index (χ3n) is 1.45. The zero-order chi connectivity index (χ0) is 11.6. The fourth-order valence-corrected chi connectivity index (χ4v) is 1.12. The summed E-state index contributed by atoms with van der Waals surface area (Å²) in [4.78, 5) is 10.7. The molecule has 0 fully saturated rings. The lowest BCUT2D eigenvalue weighted by Gasteiger charge is -2.02. The van der Waals surface area contributed by atoms with Gasteiger partial charge in [-0.15, -0.1) is 0 Å². The molecular formula is C6H6ClF3N4O. The van der Waals surface area contributed by atoms with E-state index in [9.17, 15) is 18.0 Å². The Morgan fingerprint density at radius 3 is 2.67 bits per heavy atom. The largest absolute Gasteiger partial charge is 0.436 e. The predicted octanol–water partition coefficient (Wildman–Crippen LogP) is 0.545. The second-order valence-corrected chi connectivity index (χ2v) is 3.00. The van der Waals surface area contributed by atoms with Crippen LogP contribution in [0.3, 0.4) is 0 Å². The van der Waals surface area contributed by atoms with E-state index in [-0.39, 0.29) is 0 Å². The molecule has 0 bridgehead atoms. The number of nitrogens with two attached hydrogens (primary N) is 1. The molecule has 0 atom stereocenters. The maximum atomic E-state index is 12.2. The van der Waals surface area contributed by atoms with Gasteiger partial charge in [-0.25, -0.2) is 5.84 Å². The topological polar surface area (TPSA) is 72.9 Å². The third kappa shape index (κ3) is 2.83. The zero-order valence-corrected chi connectivity index (χ0v) is 7.93. The fraction of sp³-hybridized carbons (Fsp3) is 0.333. The van der Waals surface area contributed by atoms with Gasteiger partial charge in [0.05, 0.1) is 5.02 Å². The van der Waals surface area contributed by atoms with Crippen LogP contribution in [-0.4, -0.2) is 15.7 Å². The van der Waals surface area contributed by atoms with Crippen molar-refractivity contribution in [1.29, 1.82) is 0 Å². The number of amides is 1. The van der Waals surface area contributed by atoms with Crippen LogP contribution in [0.2, 0.25) is 5.02 Å². The molecule has 84 valence electrons. The molecule has 0 spiro atoms. The van der Waals surface area contributed by atoms with E-state index >= 15 is 0 Å². The van der Waals surface area contributed by atoms with Gasteiger partial charge >= 0.3 is 6.18 Å². The van der Waals surface area contributed by atoms with E-state index in [0.717, 1.165) is 10.9 Å². The van der Waals surface area contributed by atoms with Gasteiger partial charge in [0.1, 0.15) is 6.54 Å². The zero-order valence-electron chi connectivity index (χ0n) is 7.18. The van der Waals surface area contributed by atoms with Crippen molar-refractivity contribution in [2.24, 2.45) is 5.84 Å². The third-order valence-corrected chi connectivity index (χ3v) is 1.73. The van der Waals surface area contributed by atoms with Gasteiger partial charge in [0, 0.05) is 6.20 Å². The number of halogens is 4. The van der Waals surface area contributed by atoms with Gasteiger partial charge in [-0.2, -0.15) is 18.3 Å². The van der Waals surface area contributed by atoms with Crippen LogP contribution in [0.4, 0.5) is 13.2 Å². The molecule has 0 radical (unpaired) electrons. The van der Waals surface area contributed by atoms with Crippen molar-refractivity contribution >= 4 is 17.5 Å². The Hall–Kier alpha value is -1.28. The minimum atomic E-state index is -4.64. The van der Waals surface area contributed by atoms with E-state index in [1.54, 1.807) is 5.43 Å². The van der Waals surface area contributed by atoms with E-state index in [0.29, 0.717) is 0 Å². The summed E-state index contributed by atoms with van der Waals surface area (Å²) in [5, 5.41) is 2.55. The van der Waals surface area contributed by atoms with Gasteiger partial charge in [-0.05, 0) is 0 Å².